The predicted octanol–water partition coefficient (Wildman–Crippen LogP) is 2.44. The highest BCUT2D eigenvalue weighted by molar-refractivity contribution is 7.18. The molecule has 0 aliphatic carbocycles. The third-order valence-corrected chi connectivity index (χ3v) is 5.67. The number of piperidine rings is 1. The van der Waals surface area contributed by atoms with Gasteiger partial charge in [-0.15, -0.1) is 11.3 Å². The highest BCUT2D eigenvalue weighted by atomic mass is 32.1. The lowest BCUT2D eigenvalue weighted by Crippen LogP contribution is -2.55. The SMILES string of the molecule is CCC[C@]1(C(=O)O)CCN(c2ncnc3sc(C)cc23)CC1O. The molecule has 7 heteroatoms. The van der Waals surface area contributed by atoms with E-state index in [1.807, 2.05) is 24.8 Å². The van der Waals surface area contributed by atoms with Crippen LogP contribution >= 0.6 is 11.3 Å². The van der Waals surface area contributed by atoms with Gasteiger partial charge in [-0.2, -0.15) is 0 Å². The number of β-amino-alcohol motifs (C(OH)–C–C–N with tert-alkyl or cyclic N) is 1. The van der Waals surface area contributed by atoms with Crippen molar-refractivity contribution in [3.63, 3.8) is 0 Å². The van der Waals surface area contributed by atoms with Crippen LogP contribution in [0.1, 0.15) is 31.1 Å². The van der Waals surface area contributed by atoms with Crippen LogP contribution in [0.3, 0.4) is 0 Å². The molecule has 1 unspecified atom stereocenters. The number of aliphatic hydroxyl groups is 1. The van der Waals surface area contributed by atoms with E-state index in [1.165, 1.54) is 6.33 Å². The number of aliphatic hydroxyl groups excluding tert-OH is 1. The maximum absolute atomic E-state index is 11.7. The molecule has 1 aliphatic rings. The van der Waals surface area contributed by atoms with E-state index >= 15 is 0 Å². The molecule has 0 radical (unpaired) electrons. The molecule has 0 saturated carbocycles. The first kappa shape index (κ1) is 16.1. The number of aliphatic carboxylic acids is 1. The molecule has 1 aliphatic heterocycles. The number of rotatable bonds is 4. The summed E-state index contributed by atoms with van der Waals surface area (Å²) >= 11 is 1.61. The summed E-state index contributed by atoms with van der Waals surface area (Å²) < 4.78 is 0. The molecule has 6 nitrogen and oxygen atoms in total. The molecule has 2 atom stereocenters. The lowest BCUT2D eigenvalue weighted by Gasteiger charge is -2.43. The van der Waals surface area contributed by atoms with Crippen LogP contribution in [0.5, 0.6) is 0 Å². The summed E-state index contributed by atoms with van der Waals surface area (Å²) in [7, 11) is 0. The molecule has 0 bridgehead atoms. The van der Waals surface area contributed by atoms with Crippen molar-refractivity contribution in [2.24, 2.45) is 5.41 Å². The van der Waals surface area contributed by atoms with Gasteiger partial charge in [-0.05, 0) is 25.8 Å². The van der Waals surface area contributed by atoms with Gasteiger partial charge in [0.2, 0.25) is 0 Å². The molecule has 3 rings (SSSR count). The highest BCUT2D eigenvalue weighted by Gasteiger charge is 2.48. The van der Waals surface area contributed by atoms with Crippen LogP contribution in [-0.4, -0.2) is 45.3 Å². The Morgan fingerprint density at radius 3 is 2.96 bits per heavy atom. The first-order valence-electron chi connectivity index (χ1n) is 7.85. The molecule has 2 aromatic heterocycles. The average Bonchev–Trinajstić information content (AvgIpc) is 2.89. The minimum Gasteiger partial charge on any atom is -0.481 e. The number of carbonyl (C=O) groups is 1. The van der Waals surface area contributed by atoms with E-state index in [0.717, 1.165) is 27.3 Å². The quantitative estimate of drug-likeness (QED) is 0.892. The summed E-state index contributed by atoms with van der Waals surface area (Å²) in [6, 6.07) is 2.05. The number of nitrogens with zero attached hydrogens (tertiary/aromatic N) is 3. The Bertz CT molecular complexity index is 732. The van der Waals surface area contributed by atoms with Gasteiger partial charge >= 0.3 is 5.97 Å². The Balaban J connectivity index is 1.91. The first-order valence-corrected chi connectivity index (χ1v) is 8.67. The van der Waals surface area contributed by atoms with Gasteiger partial charge in [0.05, 0.1) is 16.9 Å². The van der Waals surface area contributed by atoms with Gasteiger partial charge in [-0.25, -0.2) is 9.97 Å². The van der Waals surface area contributed by atoms with Crippen molar-refractivity contribution in [1.82, 2.24) is 9.97 Å². The Labute approximate surface area is 138 Å². The van der Waals surface area contributed by atoms with Crippen molar-refractivity contribution in [3.8, 4) is 0 Å². The van der Waals surface area contributed by atoms with Crippen LogP contribution < -0.4 is 4.90 Å². The first-order chi connectivity index (χ1) is 11.0. The van der Waals surface area contributed by atoms with Crippen LogP contribution in [0.2, 0.25) is 0 Å². The second kappa shape index (κ2) is 6.05. The fraction of sp³-hybridized carbons (Fsp3) is 0.562. The van der Waals surface area contributed by atoms with Crippen LogP contribution in [0, 0.1) is 12.3 Å². The molecule has 2 N–H and O–H groups in total. The maximum atomic E-state index is 11.7. The van der Waals surface area contributed by atoms with Gasteiger partial charge < -0.3 is 15.1 Å². The monoisotopic (exact) mass is 335 g/mol. The lowest BCUT2D eigenvalue weighted by molar-refractivity contribution is -0.159. The molecule has 0 amide bonds. The molecule has 1 saturated heterocycles. The second-order valence-corrected chi connectivity index (χ2v) is 7.43. The van der Waals surface area contributed by atoms with Crippen LogP contribution in [0.15, 0.2) is 12.4 Å². The minimum absolute atomic E-state index is 0.285. The van der Waals surface area contributed by atoms with Crippen molar-refractivity contribution in [3.05, 3.63) is 17.3 Å². The fourth-order valence-electron chi connectivity index (χ4n) is 3.48. The summed E-state index contributed by atoms with van der Waals surface area (Å²) in [5.74, 6) is -0.111. The molecular weight excluding hydrogens is 314 g/mol. The summed E-state index contributed by atoms with van der Waals surface area (Å²) in [4.78, 5) is 24.5. The van der Waals surface area contributed by atoms with Crippen molar-refractivity contribution in [1.29, 1.82) is 0 Å². The Hall–Kier alpha value is -1.73. The fourth-order valence-corrected chi connectivity index (χ4v) is 4.32. The largest absolute Gasteiger partial charge is 0.481 e. The van der Waals surface area contributed by atoms with Gasteiger partial charge in [0.15, 0.2) is 0 Å². The lowest BCUT2D eigenvalue weighted by atomic mass is 9.73. The normalized spacial score (nSPS) is 25.0. The van der Waals surface area contributed by atoms with Gasteiger partial charge in [0.25, 0.3) is 0 Å². The molecule has 23 heavy (non-hydrogen) atoms. The Kier molecular flexibility index (Phi) is 4.25. The van der Waals surface area contributed by atoms with Gasteiger partial charge in [0.1, 0.15) is 17.0 Å². The van der Waals surface area contributed by atoms with E-state index < -0.39 is 17.5 Å². The van der Waals surface area contributed by atoms with Crippen LogP contribution in [0.4, 0.5) is 5.82 Å². The third kappa shape index (κ3) is 2.68. The standard InChI is InChI=1S/C16H21N3O3S/c1-3-4-16(15(21)22)5-6-19(8-12(16)20)13-11-7-10(2)23-14(11)18-9-17-13/h7,9,12,20H,3-6,8H2,1-2H3,(H,21,22)/t12?,16-/m0/s1. The van der Waals surface area contributed by atoms with E-state index in [-0.39, 0.29) is 6.54 Å². The smallest absolute Gasteiger partial charge is 0.312 e. The minimum atomic E-state index is -1.04. The van der Waals surface area contributed by atoms with Crippen molar-refractivity contribution in [2.75, 3.05) is 18.0 Å². The van der Waals surface area contributed by atoms with E-state index in [4.69, 9.17) is 0 Å². The zero-order valence-electron chi connectivity index (χ0n) is 13.3. The number of hydrogen-bond donors (Lipinski definition) is 2. The van der Waals surface area contributed by atoms with Gasteiger partial charge in [-0.1, -0.05) is 13.3 Å². The summed E-state index contributed by atoms with van der Waals surface area (Å²) in [6.45, 7) is 4.83. The summed E-state index contributed by atoms with van der Waals surface area (Å²) in [5.41, 5.74) is -1.04. The topological polar surface area (TPSA) is 86.5 Å². The zero-order chi connectivity index (χ0) is 16.6. The van der Waals surface area contributed by atoms with Crippen LogP contribution in [-0.2, 0) is 4.79 Å². The summed E-state index contributed by atoms with van der Waals surface area (Å²) in [6.07, 6.45) is 2.29. The number of anilines is 1. The van der Waals surface area contributed by atoms with Crippen molar-refractivity contribution < 1.29 is 15.0 Å². The van der Waals surface area contributed by atoms with Crippen molar-refractivity contribution >= 4 is 33.3 Å². The number of fused-ring (bicyclic) bond motifs is 1. The number of aromatic nitrogens is 2. The number of carboxylic acid groups (broad SMARTS) is 1. The number of aryl methyl sites for hydroxylation is 1. The van der Waals surface area contributed by atoms with Gasteiger partial charge in [0, 0.05) is 18.0 Å². The molecule has 0 aromatic carbocycles. The van der Waals surface area contributed by atoms with E-state index in [9.17, 15) is 15.0 Å². The summed E-state index contributed by atoms with van der Waals surface area (Å²) in [5, 5.41) is 21.2. The Morgan fingerprint density at radius 2 is 2.30 bits per heavy atom. The predicted molar refractivity (Wildman–Crippen MR) is 90.0 cm³/mol. The number of carboxylic acids is 1. The highest BCUT2D eigenvalue weighted by Crippen LogP contribution is 2.39. The third-order valence-electron chi connectivity index (χ3n) is 4.71. The van der Waals surface area contributed by atoms with Crippen LogP contribution in [0.25, 0.3) is 10.2 Å². The second-order valence-electron chi connectivity index (χ2n) is 6.20. The average molecular weight is 335 g/mol. The molecule has 3 heterocycles. The molecule has 1 fully saturated rings. The number of hydrogen-bond acceptors (Lipinski definition) is 6. The van der Waals surface area contributed by atoms with Crippen molar-refractivity contribution in [2.45, 2.75) is 39.2 Å². The number of thiophene rings is 1. The Morgan fingerprint density at radius 1 is 1.52 bits per heavy atom. The molecule has 124 valence electrons. The van der Waals surface area contributed by atoms with E-state index in [0.29, 0.717) is 19.4 Å². The zero-order valence-corrected chi connectivity index (χ0v) is 14.1. The molecular formula is C16H21N3O3S. The van der Waals surface area contributed by atoms with E-state index in [1.54, 1.807) is 11.3 Å². The molecule has 0 spiro atoms. The molecule has 2 aromatic rings. The van der Waals surface area contributed by atoms with E-state index in [2.05, 4.69) is 9.97 Å². The van der Waals surface area contributed by atoms with Gasteiger partial charge in [-0.3, -0.25) is 4.79 Å². The maximum Gasteiger partial charge on any atom is 0.312 e.